The van der Waals surface area contributed by atoms with Gasteiger partial charge in [-0.25, -0.2) is 9.97 Å². The predicted octanol–water partition coefficient (Wildman–Crippen LogP) is 10.6. The molecule has 4 aromatic carbocycles. The summed E-state index contributed by atoms with van der Waals surface area (Å²) in [7, 11) is 0. The van der Waals surface area contributed by atoms with Gasteiger partial charge < -0.3 is 4.57 Å². The van der Waals surface area contributed by atoms with E-state index in [1.807, 2.05) is 0 Å². The first-order chi connectivity index (χ1) is 23.7. The van der Waals surface area contributed by atoms with Crippen LogP contribution < -0.4 is 0 Å². The summed E-state index contributed by atoms with van der Waals surface area (Å²) >= 11 is 3.58. The zero-order valence-electron chi connectivity index (χ0n) is 27.9. The molecule has 0 saturated heterocycles. The second kappa shape index (κ2) is 11.4. The first-order valence-corrected chi connectivity index (χ1v) is 18.7. The van der Waals surface area contributed by atoms with Crippen molar-refractivity contribution in [2.75, 3.05) is 11.5 Å². The summed E-state index contributed by atoms with van der Waals surface area (Å²) in [6, 6.07) is 41.2. The lowest BCUT2D eigenvalue weighted by Gasteiger charge is -2.11. The van der Waals surface area contributed by atoms with Crippen LogP contribution in [0.1, 0.15) is 39.1 Å². The van der Waals surface area contributed by atoms with Crippen LogP contribution in [0.15, 0.2) is 125 Å². The average Bonchev–Trinajstić information content (AvgIpc) is 3.79. The minimum absolute atomic E-state index is 0.0497. The number of para-hydroxylation sites is 1. The fourth-order valence-corrected chi connectivity index (χ4v) is 9.12. The molecular formula is C42H35N5S2. The monoisotopic (exact) mass is 673 g/mol. The standard InChI is InChI=1S/C42H35N5S2/c1-41(2)24-48-39(45-41)35-14-8-12-33(43-35)27-17-19-30-26(22-27)16-21-32-31-20-18-28(23-37(31)47(38(30)32)29-10-6-5-7-11-29)34-13-9-15-36(44-34)40-46-42(3,4)25-49-40/h5-23H,24-25H2,1-4H3. The van der Waals surface area contributed by atoms with E-state index in [1.54, 1.807) is 23.5 Å². The summed E-state index contributed by atoms with van der Waals surface area (Å²) in [6.07, 6.45) is 0. The number of pyridine rings is 2. The van der Waals surface area contributed by atoms with E-state index in [-0.39, 0.29) is 11.1 Å². The zero-order valence-corrected chi connectivity index (χ0v) is 29.6. The number of aromatic nitrogens is 3. The highest BCUT2D eigenvalue weighted by atomic mass is 32.2. The molecule has 49 heavy (non-hydrogen) atoms. The molecule has 0 fully saturated rings. The summed E-state index contributed by atoms with van der Waals surface area (Å²) in [6.45, 7) is 8.71. The Morgan fingerprint density at radius 2 is 1.08 bits per heavy atom. The molecular weight excluding hydrogens is 639 g/mol. The van der Waals surface area contributed by atoms with Crippen molar-refractivity contribution in [1.29, 1.82) is 0 Å². The van der Waals surface area contributed by atoms with E-state index in [9.17, 15) is 0 Å². The minimum atomic E-state index is -0.0569. The third-order valence-corrected chi connectivity index (χ3v) is 12.1. The molecule has 240 valence electrons. The zero-order chi connectivity index (χ0) is 33.3. The topological polar surface area (TPSA) is 55.4 Å². The predicted molar refractivity (Wildman–Crippen MR) is 211 cm³/mol. The van der Waals surface area contributed by atoms with Gasteiger partial charge in [-0.1, -0.05) is 66.7 Å². The molecule has 0 bridgehead atoms. The number of aliphatic imine (C=N–C) groups is 2. The van der Waals surface area contributed by atoms with E-state index in [0.29, 0.717) is 0 Å². The van der Waals surface area contributed by atoms with Gasteiger partial charge in [0.2, 0.25) is 0 Å². The Morgan fingerprint density at radius 1 is 0.531 bits per heavy atom. The van der Waals surface area contributed by atoms with Gasteiger partial charge in [0.15, 0.2) is 0 Å². The van der Waals surface area contributed by atoms with Gasteiger partial charge in [0.05, 0.1) is 44.9 Å². The van der Waals surface area contributed by atoms with Crippen LogP contribution in [-0.2, 0) is 0 Å². The Hall–Kier alpha value is -4.72. The molecule has 0 spiro atoms. The van der Waals surface area contributed by atoms with Gasteiger partial charge in [-0.3, -0.25) is 9.98 Å². The maximum Gasteiger partial charge on any atom is 0.117 e. The van der Waals surface area contributed by atoms with Crippen molar-refractivity contribution >= 4 is 66.2 Å². The number of fused-ring (bicyclic) bond motifs is 5. The van der Waals surface area contributed by atoms with Crippen LogP contribution in [0.25, 0.3) is 60.8 Å². The maximum absolute atomic E-state index is 5.10. The first kappa shape index (κ1) is 30.3. The first-order valence-electron chi connectivity index (χ1n) is 16.7. The molecule has 0 aliphatic carbocycles. The highest BCUT2D eigenvalue weighted by Crippen LogP contribution is 2.40. The lowest BCUT2D eigenvalue weighted by molar-refractivity contribution is 0.604. The molecule has 5 heterocycles. The van der Waals surface area contributed by atoms with Gasteiger partial charge in [-0.05, 0) is 81.6 Å². The van der Waals surface area contributed by atoms with Gasteiger partial charge >= 0.3 is 0 Å². The summed E-state index contributed by atoms with van der Waals surface area (Å²) in [5.74, 6) is 1.95. The summed E-state index contributed by atoms with van der Waals surface area (Å²) in [5.41, 5.74) is 9.36. The van der Waals surface area contributed by atoms with Gasteiger partial charge in [0, 0.05) is 44.5 Å². The van der Waals surface area contributed by atoms with Crippen molar-refractivity contribution in [3.63, 3.8) is 0 Å². The van der Waals surface area contributed by atoms with E-state index in [2.05, 4.69) is 148 Å². The molecule has 9 rings (SSSR count). The van der Waals surface area contributed by atoms with E-state index in [1.165, 1.54) is 27.1 Å². The highest BCUT2D eigenvalue weighted by Gasteiger charge is 2.28. The minimum Gasteiger partial charge on any atom is -0.309 e. The average molecular weight is 674 g/mol. The Morgan fingerprint density at radius 3 is 1.67 bits per heavy atom. The Bertz CT molecular complexity index is 2510. The molecule has 7 aromatic rings. The summed E-state index contributed by atoms with van der Waals surface area (Å²) < 4.78 is 2.41. The number of nitrogens with zero attached hydrogens (tertiary/aromatic N) is 5. The van der Waals surface area contributed by atoms with Crippen LogP contribution in [0.4, 0.5) is 0 Å². The Labute approximate surface area is 294 Å². The largest absolute Gasteiger partial charge is 0.309 e. The van der Waals surface area contributed by atoms with Crippen LogP contribution >= 0.6 is 23.5 Å². The molecule has 5 nitrogen and oxygen atoms in total. The fraction of sp³-hybridized carbons (Fsp3) is 0.190. The molecule has 0 unspecified atom stereocenters. The molecule has 0 radical (unpaired) electrons. The second-order valence-corrected chi connectivity index (χ2v) is 16.1. The molecule has 2 aliphatic rings. The van der Waals surface area contributed by atoms with Crippen molar-refractivity contribution in [3.05, 3.63) is 127 Å². The molecule has 0 N–H and O–H groups in total. The van der Waals surface area contributed by atoms with Crippen LogP contribution in [0, 0.1) is 0 Å². The normalized spacial score (nSPS) is 16.8. The van der Waals surface area contributed by atoms with Gasteiger partial charge in [0.25, 0.3) is 0 Å². The van der Waals surface area contributed by atoms with Crippen molar-refractivity contribution < 1.29 is 0 Å². The van der Waals surface area contributed by atoms with Crippen LogP contribution in [-0.4, -0.2) is 47.2 Å². The Kier molecular flexibility index (Phi) is 7.08. The Balaban J connectivity index is 1.19. The third-order valence-electron chi connectivity index (χ3n) is 9.22. The maximum atomic E-state index is 5.10. The lowest BCUT2D eigenvalue weighted by atomic mass is 10.0. The highest BCUT2D eigenvalue weighted by molar-refractivity contribution is 8.15. The second-order valence-electron chi connectivity index (χ2n) is 14.2. The van der Waals surface area contributed by atoms with E-state index < -0.39 is 0 Å². The van der Waals surface area contributed by atoms with Gasteiger partial charge in [0.1, 0.15) is 10.1 Å². The van der Waals surface area contributed by atoms with Gasteiger partial charge in [-0.2, -0.15) is 0 Å². The van der Waals surface area contributed by atoms with Crippen LogP contribution in [0.2, 0.25) is 0 Å². The summed E-state index contributed by atoms with van der Waals surface area (Å²) in [5, 5.41) is 6.88. The molecule has 7 heteroatoms. The van der Waals surface area contributed by atoms with Crippen LogP contribution in [0.3, 0.4) is 0 Å². The number of hydrogen-bond acceptors (Lipinski definition) is 6. The van der Waals surface area contributed by atoms with Crippen LogP contribution in [0.5, 0.6) is 0 Å². The molecule has 2 aliphatic heterocycles. The molecule has 3 aromatic heterocycles. The van der Waals surface area contributed by atoms with E-state index in [4.69, 9.17) is 20.0 Å². The van der Waals surface area contributed by atoms with E-state index in [0.717, 1.165) is 66.7 Å². The SMILES string of the molecule is CC1(C)CSC(c2cccc(-c3ccc4c(ccc5c6ccc(-c7cccc(C8=NC(C)(C)CS8)n7)cc6n(-c6ccccc6)c45)c3)n2)=N1. The molecule has 0 atom stereocenters. The molecule has 0 saturated carbocycles. The number of hydrogen-bond donors (Lipinski definition) is 0. The molecule has 0 amide bonds. The van der Waals surface area contributed by atoms with Crippen molar-refractivity contribution in [1.82, 2.24) is 14.5 Å². The van der Waals surface area contributed by atoms with Gasteiger partial charge in [-0.15, -0.1) is 23.5 Å². The van der Waals surface area contributed by atoms with E-state index >= 15 is 0 Å². The number of rotatable bonds is 5. The number of benzene rings is 4. The summed E-state index contributed by atoms with van der Waals surface area (Å²) in [4.78, 5) is 20.0. The van der Waals surface area contributed by atoms with Crippen molar-refractivity contribution in [3.8, 4) is 28.2 Å². The quantitative estimate of drug-likeness (QED) is 0.182. The third kappa shape index (κ3) is 5.45. The smallest absolute Gasteiger partial charge is 0.117 e. The lowest BCUT2D eigenvalue weighted by Crippen LogP contribution is -2.15. The van der Waals surface area contributed by atoms with Crippen molar-refractivity contribution in [2.24, 2.45) is 9.98 Å². The van der Waals surface area contributed by atoms with Crippen molar-refractivity contribution in [2.45, 2.75) is 38.8 Å². The fourth-order valence-electron chi connectivity index (χ4n) is 6.86. The number of thioether (sulfide) groups is 2.